The molecule has 0 aromatic rings. The molecule has 14 atom stereocenters. The summed E-state index contributed by atoms with van der Waals surface area (Å²) in [6, 6.07) is 0. The van der Waals surface area contributed by atoms with Gasteiger partial charge in [-0.3, -0.25) is 4.79 Å². The Morgan fingerprint density at radius 2 is 1.57 bits per heavy atom. The highest BCUT2D eigenvalue weighted by Gasteiger charge is 2.72. The van der Waals surface area contributed by atoms with Crippen molar-refractivity contribution in [1.29, 1.82) is 0 Å². The van der Waals surface area contributed by atoms with Crippen molar-refractivity contribution >= 4 is 5.97 Å². The van der Waals surface area contributed by atoms with E-state index in [9.17, 15) is 20.1 Å². The van der Waals surface area contributed by atoms with Gasteiger partial charge in [0.1, 0.15) is 17.8 Å². The zero-order valence-electron chi connectivity index (χ0n) is 24.7. The number of esters is 1. The molecule has 0 aromatic heterocycles. The Balaban J connectivity index is 1.46. The van der Waals surface area contributed by atoms with Crippen molar-refractivity contribution in [2.75, 3.05) is 0 Å². The van der Waals surface area contributed by atoms with Crippen LogP contribution in [0, 0.1) is 63.6 Å². The van der Waals surface area contributed by atoms with Crippen molar-refractivity contribution in [3.05, 3.63) is 0 Å². The number of aliphatic hydroxyl groups excluding tert-OH is 2. The summed E-state index contributed by atoms with van der Waals surface area (Å²) < 4.78 is 5.94. The maximum absolute atomic E-state index is 12.3. The SMILES string of the molecule is CC(=O)O[C@@H]1[C@H]2[C@@H]3CC[C@H]([C@H](C)[C@H]4C[C@]4(C)[C@H](C)C(C)C)[C@@]3(C)CC[C@@H]2[C@@]2(C)CC[C@H](O)C[C@]2(O)[C@@H]1O. The van der Waals surface area contributed by atoms with E-state index in [1.54, 1.807) is 0 Å². The van der Waals surface area contributed by atoms with Crippen LogP contribution < -0.4 is 0 Å². The summed E-state index contributed by atoms with van der Waals surface area (Å²) in [4.78, 5) is 12.3. The number of aliphatic hydroxyl groups is 3. The quantitative estimate of drug-likeness (QED) is 0.413. The molecule has 5 rings (SSSR count). The second-order valence-electron chi connectivity index (χ2n) is 15.5. The van der Waals surface area contributed by atoms with Gasteiger partial charge < -0.3 is 20.1 Å². The summed E-state index contributed by atoms with van der Waals surface area (Å²) in [6.07, 6.45) is 4.77. The van der Waals surface area contributed by atoms with Gasteiger partial charge in [-0.2, -0.15) is 0 Å². The highest BCUT2D eigenvalue weighted by molar-refractivity contribution is 5.66. The molecule has 0 spiro atoms. The number of rotatable bonds is 5. The molecule has 5 fully saturated rings. The van der Waals surface area contributed by atoms with Gasteiger partial charge in [-0.15, -0.1) is 0 Å². The fourth-order valence-electron chi connectivity index (χ4n) is 11.2. The first-order chi connectivity index (χ1) is 17.1. The Bertz CT molecular complexity index is 904. The largest absolute Gasteiger partial charge is 0.459 e. The number of fused-ring (bicyclic) bond motifs is 5. The van der Waals surface area contributed by atoms with Crippen LogP contribution >= 0.6 is 0 Å². The summed E-state index contributed by atoms with van der Waals surface area (Å²) >= 11 is 0. The molecule has 37 heavy (non-hydrogen) atoms. The minimum absolute atomic E-state index is 0.0514. The molecule has 5 nitrogen and oxygen atoms in total. The second kappa shape index (κ2) is 8.93. The second-order valence-corrected chi connectivity index (χ2v) is 15.5. The number of ether oxygens (including phenoxy) is 1. The van der Waals surface area contributed by atoms with Gasteiger partial charge in [-0.05, 0) is 97.2 Å². The van der Waals surface area contributed by atoms with E-state index in [0.717, 1.165) is 31.1 Å². The van der Waals surface area contributed by atoms with Crippen molar-refractivity contribution in [2.24, 2.45) is 63.6 Å². The molecule has 5 aliphatic carbocycles. The van der Waals surface area contributed by atoms with Gasteiger partial charge in [0.05, 0.1) is 6.10 Å². The average Bonchev–Trinajstić information content (AvgIpc) is 3.39. The maximum atomic E-state index is 12.3. The third-order valence-corrected chi connectivity index (χ3v) is 13.9. The highest BCUT2D eigenvalue weighted by atomic mass is 16.6. The first kappa shape index (κ1) is 27.9. The minimum Gasteiger partial charge on any atom is -0.459 e. The van der Waals surface area contributed by atoms with Gasteiger partial charge in [0, 0.05) is 24.7 Å². The Morgan fingerprint density at radius 1 is 0.892 bits per heavy atom. The van der Waals surface area contributed by atoms with Gasteiger partial charge in [0.2, 0.25) is 0 Å². The van der Waals surface area contributed by atoms with E-state index < -0.39 is 35.3 Å². The molecule has 0 unspecified atom stereocenters. The Labute approximate surface area is 225 Å². The molecule has 0 saturated heterocycles. The Morgan fingerprint density at radius 3 is 2.19 bits per heavy atom. The predicted molar refractivity (Wildman–Crippen MR) is 144 cm³/mol. The molecular weight excluding hydrogens is 464 g/mol. The summed E-state index contributed by atoms with van der Waals surface area (Å²) in [6.45, 7) is 18.2. The van der Waals surface area contributed by atoms with E-state index in [4.69, 9.17) is 4.74 Å². The zero-order chi connectivity index (χ0) is 27.3. The predicted octanol–water partition coefficient (Wildman–Crippen LogP) is 5.59. The lowest BCUT2D eigenvalue weighted by atomic mass is 9.41. The van der Waals surface area contributed by atoms with Crippen LogP contribution in [0.4, 0.5) is 0 Å². The van der Waals surface area contributed by atoms with Crippen molar-refractivity contribution in [3.63, 3.8) is 0 Å². The molecule has 0 aliphatic heterocycles. The van der Waals surface area contributed by atoms with E-state index in [0.29, 0.717) is 41.9 Å². The van der Waals surface area contributed by atoms with Gasteiger partial charge >= 0.3 is 5.97 Å². The highest BCUT2D eigenvalue weighted by Crippen LogP contribution is 2.72. The van der Waals surface area contributed by atoms with Crippen LogP contribution in [-0.4, -0.2) is 45.2 Å². The average molecular weight is 519 g/mol. The first-order valence-corrected chi connectivity index (χ1v) is 15.4. The third-order valence-electron chi connectivity index (χ3n) is 13.9. The molecular formula is C32H54O5. The van der Waals surface area contributed by atoms with Crippen LogP contribution in [0.25, 0.3) is 0 Å². The molecule has 5 aliphatic rings. The van der Waals surface area contributed by atoms with Crippen LogP contribution in [0.5, 0.6) is 0 Å². The van der Waals surface area contributed by atoms with Crippen LogP contribution in [0.3, 0.4) is 0 Å². The van der Waals surface area contributed by atoms with Crippen LogP contribution in [0.1, 0.15) is 107 Å². The van der Waals surface area contributed by atoms with Crippen LogP contribution in [-0.2, 0) is 9.53 Å². The standard InChI is InChI=1S/C32H54O5/c1-17(2)19(4)30(7)16-25(30)18(3)22-9-10-23-26-24(12-13-29(22,23)6)31(8)14-11-21(34)15-32(31,36)28(35)27(26)37-20(5)33/h17-19,21-28,34-36H,9-16H2,1-8H3/t18-,19+,21-,22+,23-,24-,25+,26-,27+,28+,29+,30+,31+,32-/m0/s1. The summed E-state index contributed by atoms with van der Waals surface area (Å²) in [5.41, 5.74) is -1.33. The fraction of sp³-hybridized carbons (Fsp3) is 0.969. The minimum atomic E-state index is -1.44. The van der Waals surface area contributed by atoms with Crippen molar-refractivity contribution < 1.29 is 24.9 Å². The van der Waals surface area contributed by atoms with Crippen LogP contribution in [0.15, 0.2) is 0 Å². The van der Waals surface area contributed by atoms with Crippen LogP contribution in [0.2, 0.25) is 0 Å². The topological polar surface area (TPSA) is 87.0 Å². The maximum Gasteiger partial charge on any atom is 0.303 e. The van der Waals surface area contributed by atoms with E-state index >= 15 is 0 Å². The molecule has 5 heteroatoms. The zero-order valence-corrected chi connectivity index (χ0v) is 24.7. The van der Waals surface area contributed by atoms with Gasteiger partial charge in [0.15, 0.2) is 0 Å². The van der Waals surface area contributed by atoms with E-state index in [-0.39, 0.29) is 23.7 Å². The van der Waals surface area contributed by atoms with Crippen molar-refractivity contribution in [3.8, 4) is 0 Å². The molecule has 5 saturated carbocycles. The van der Waals surface area contributed by atoms with Gasteiger partial charge in [0.25, 0.3) is 0 Å². The molecule has 3 N–H and O–H groups in total. The number of hydrogen-bond donors (Lipinski definition) is 3. The lowest BCUT2D eigenvalue weighted by molar-refractivity contribution is -0.300. The smallest absolute Gasteiger partial charge is 0.303 e. The summed E-state index contributed by atoms with van der Waals surface area (Å²) in [5, 5.41) is 34.2. The Kier molecular flexibility index (Phi) is 6.73. The van der Waals surface area contributed by atoms with E-state index in [1.165, 1.54) is 19.8 Å². The molecule has 0 heterocycles. The van der Waals surface area contributed by atoms with E-state index in [2.05, 4.69) is 48.5 Å². The monoisotopic (exact) mass is 518 g/mol. The number of hydrogen-bond acceptors (Lipinski definition) is 5. The molecule has 0 amide bonds. The summed E-state index contributed by atoms with van der Waals surface area (Å²) in [7, 11) is 0. The molecule has 0 radical (unpaired) electrons. The van der Waals surface area contributed by atoms with Gasteiger partial charge in [-0.25, -0.2) is 0 Å². The molecule has 0 aromatic carbocycles. The first-order valence-electron chi connectivity index (χ1n) is 15.4. The van der Waals surface area contributed by atoms with E-state index in [1.807, 2.05) is 0 Å². The third kappa shape index (κ3) is 3.83. The summed E-state index contributed by atoms with van der Waals surface area (Å²) in [5.74, 6) is 3.71. The molecule has 0 bridgehead atoms. The fourth-order valence-corrected chi connectivity index (χ4v) is 11.2. The normalized spacial score (nSPS) is 54.6. The van der Waals surface area contributed by atoms with Crippen molar-refractivity contribution in [1.82, 2.24) is 0 Å². The van der Waals surface area contributed by atoms with Crippen molar-refractivity contribution in [2.45, 2.75) is 131 Å². The molecule has 212 valence electrons. The number of carbonyl (C=O) groups excluding carboxylic acids is 1. The lowest BCUT2D eigenvalue weighted by Crippen LogP contribution is -2.73. The number of carbonyl (C=O) groups is 1. The Hall–Kier alpha value is -0.650. The van der Waals surface area contributed by atoms with Gasteiger partial charge in [-0.1, -0.05) is 48.5 Å². The lowest BCUT2D eigenvalue weighted by Gasteiger charge is -2.67.